The summed E-state index contributed by atoms with van der Waals surface area (Å²) < 4.78 is 7.14. The number of hydrogen-bond donors (Lipinski definition) is 0. The van der Waals surface area contributed by atoms with E-state index in [1.807, 2.05) is 25.3 Å². The van der Waals surface area contributed by atoms with Crippen LogP contribution in [0.2, 0.25) is 0 Å². The van der Waals surface area contributed by atoms with Crippen molar-refractivity contribution < 1.29 is 9.66 Å². The van der Waals surface area contributed by atoms with E-state index in [0.717, 1.165) is 0 Å². The molecule has 7 heteroatoms. The molecule has 1 aromatic carbocycles. The van der Waals surface area contributed by atoms with E-state index in [9.17, 15) is 10.1 Å². The fraction of sp³-hybridized carbons (Fsp3) is 0.385. The van der Waals surface area contributed by atoms with Gasteiger partial charge in [0.2, 0.25) is 0 Å². The molecule has 20 heavy (non-hydrogen) atoms. The average Bonchev–Trinajstić information content (AvgIpc) is 2.86. The summed E-state index contributed by atoms with van der Waals surface area (Å²) in [4.78, 5) is 10.4. The number of nitrogens with zero attached hydrogens (tertiary/aromatic N) is 4. The van der Waals surface area contributed by atoms with Crippen molar-refractivity contribution in [2.75, 3.05) is 7.11 Å². The molecule has 0 radical (unpaired) electrons. The zero-order chi connectivity index (χ0) is 14.9. The van der Waals surface area contributed by atoms with Crippen LogP contribution in [-0.4, -0.2) is 26.8 Å². The summed E-state index contributed by atoms with van der Waals surface area (Å²) in [5.74, 6) is 1.02. The van der Waals surface area contributed by atoms with Gasteiger partial charge in [0, 0.05) is 11.6 Å². The third-order valence-electron chi connectivity index (χ3n) is 2.91. The van der Waals surface area contributed by atoms with Gasteiger partial charge in [-0.2, -0.15) is 0 Å². The molecular weight excluding hydrogens is 260 g/mol. The highest BCUT2D eigenvalue weighted by Gasteiger charge is 2.22. The predicted octanol–water partition coefficient (Wildman–Crippen LogP) is 2.62. The Kier molecular flexibility index (Phi) is 3.44. The number of benzene rings is 1. The molecule has 2 rings (SSSR count). The third kappa shape index (κ3) is 2.47. The summed E-state index contributed by atoms with van der Waals surface area (Å²) in [5, 5.41) is 18.8. The Hall–Kier alpha value is -2.44. The molecule has 0 aliphatic heterocycles. The van der Waals surface area contributed by atoms with Crippen molar-refractivity contribution in [3.63, 3.8) is 0 Å². The SMILES string of the molecule is COc1cc([N+](=O)[O-])ccc1-c1nncn1C(C)(C)C. The summed E-state index contributed by atoms with van der Waals surface area (Å²) in [6.07, 6.45) is 1.64. The zero-order valence-electron chi connectivity index (χ0n) is 11.8. The van der Waals surface area contributed by atoms with Crippen LogP contribution in [-0.2, 0) is 5.54 Å². The van der Waals surface area contributed by atoms with Crippen LogP contribution in [0.25, 0.3) is 11.4 Å². The highest BCUT2D eigenvalue weighted by Crippen LogP contribution is 2.33. The number of nitro benzene ring substituents is 1. The number of aromatic nitrogens is 3. The van der Waals surface area contributed by atoms with Crippen LogP contribution in [0.15, 0.2) is 24.5 Å². The minimum atomic E-state index is -0.458. The second-order valence-electron chi connectivity index (χ2n) is 5.34. The van der Waals surface area contributed by atoms with Gasteiger partial charge in [0.1, 0.15) is 12.1 Å². The minimum absolute atomic E-state index is 0.0209. The lowest BCUT2D eigenvalue weighted by Gasteiger charge is -2.22. The second kappa shape index (κ2) is 4.92. The first-order valence-electron chi connectivity index (χ1n) is 6.08. The largest absolute Gasteiger partial charge is 0.496 e. The van der Waals surface area contributed by atoms with Crippen molar-refractivity contribution in [1.29, 1.82) is 0 Å². The van der Waals surface area contributed by atoms with Crippen molar-refractivity contribution in [3.8, 4) is 17.1 Å². The normalized spacial score (nSPS) is 11.4. The highest BCUT2D eigenvalue weighted by atomic mass is 16.6. The van der Waals surface area contributed by atoms with Crippen molar-refractivity contribution in [3.05, 3.63) is 34.6 Å². The van der Waals surface area contributed by atoms with Crippen LogP contribution >= 0.6 is 0 Å². The van der Waals surface area contributed by atoms with E-state index in [-0.39, 0.29) is 11.2 Å². The summed E-state index contributed by atoms with van der Waals surface area (Å²) in [6, 6.07) is 4.44. The molecule has 0 saturated carbocycles. The Morgan fingerprint density at radius 1 is 1.35 bits per heavy atom. The molecule has 106 valence electrons. The molecule has 0 unspecified atom stereocenters. The maximum absolute atomic E-state index is 10.8. The molecule has 0 aliphatic rings. The van der Waals surface area contributed by atoms with E-state index in [2.05, 4.69) is 10.2 Å². The van der Waals surface area contributed by atoms with Gasteiger partial charge in [0.25, 0.3) is 5.69 Å². The molecule has 0 saturated heterocycles. The standard InChI is InChI=1S/C13H16N4O3/c1-13(2,3)16-8-14-15-12(16)10-6-5-9(17(18)19)7-11(10)20-4/h5-8H,1-4H3. The lowest BCUT2D eigenvalue weighted by Crippen LogP contribution is -2.22. The number of ether oxygens (including phenoxy) is 1. The summed E-state index contributed by atoms with van der Waals surface area (Å²) in [7, 11) is 1.47. The number of methoxy groups -OCH3 is 1. The molecule has 0 fully saturated rings. The maximum Gasteiger partial charge on any atom is 0.273 e. The topological polar surface area (TPSA) is 83.1 Å². The highest BCUT2D eigenvalue weighted by molar-refractivity contribution is 5.67. The lowest BCUT2D eigenvalue weighted by atomic mass is 10.1. The van der Waals surface area contributed by atoms with Gasteiger partial charge in [-0.25, -0.2) is 0 Å². The summed E-state index contributed by atoms with van der Waals surface area (Å²) >= 11 is 0. The molecule has 0 N–H and O–H groups in total. The molecule has 2 aromatic rings. The van der Waals surface area contributed by atoms with Gasteiger partial charge < -0.3 is 9.30 Å². The molecule has 0 amide bonds. The molecule has 1 aromatic heterocycles. The third-order valence-corrected chi connectivity index (χ3v) is 2.91. The average molecular weight is 276 g/mol. The van der Waals surface area contributed by atoms with E-state index >= 15 is 0 Å². The first kappa shape index (κ1) is 14.0. The zero-order valence-corrected chi connectivity index (χ0v) is 11.8. The Balaban J connectivity index is 2.59. The van der Waals surface area contributed by atoms with E-state index < -0.39 is 4.92 Å². The second-order valence-corrected chi connectivity index (χ2v) is 5.34. The quantitative estimate of drug-likeness (QED) is 0.635. The van der Waals surface area contributed by atoms with Crippen LogP contribution in [0.4, 0.5) is 5.69 Å². The Labute approximate surface area is 116 Å². The molecule has 0 spiro atoms. The van der Waals surface area contributed by atoms with Crippen molar-refractivity contribution in [1.82, 2.24) is 14.8 Å². The van der Waals surface area contributed by atoms with Crippen LogP contribution in [0, 0.1) is 10.1 Å². The van der Waals surface area contributed by atoms with E-state index in [0.29, 0.717) is 17.1 Å². The smallest absolute Gasteiger partial charge is 0.273 e. The Bertz CT molecular complexity index is 643. The van der Waals surface area contributed by atoms with Gasteiger partial charge in [-0.15, -0.1) is 10.2 Å². The molecule has 0 bridgehead atoms. The Morgan fingerprint density at radius 3 is 2.60 bits per heavy atom. The first-order valence-corrected chi connectivity index (χ1v) is 6.08. The Morgan fingerprint density at radius 2 is 2.05 bits per heavy atom. The fourth-order valence-corrected chi connectivity index (χ4v) is 1.89. The van der Waals surface area contributed by atoms with E-state index in [1.165, 1.54) is 19.2 Å². The van der Waals surface area contributed by atoms with Crippen LogP contribution in [0.5, 0.6) is 5.75 Å². The minimum Gasteiger partial charge on any atom is -0.496 e. The van der Waals surface area contributed by atoms with Gasteiger partial charge in [-0.05, 0) is 26.8 Å². The van der Waals surface area contributed by atoms with Gasteiger partial charge in [-0.3, -0.25) is 10.1 Å². The monoisotopic (exact) mass is 276 g/mol. The molecule has 7 nitrogen and oxygen atoms in total. The van der Waals surface area contributed by atoms with Gasteiger partial charge in [0.05, 0.1) is 23.7 Å². The van der Waals surface area contributed by atoms with Gasteiger partial charge in [0.15, 0.2) is 5.82 Å². The maximum atomic E-state index is 10.8. The van der Waals surface area contributed by atoms with Crippen LogP contribution in [0.3, 0.4) is 0 Å². The molecule has 1 heterocycles. The number of rotatable bonds is 3. The molecule has 0 atom stereocenters. The van der Waals surface area contributed by atoms with Gasteiger partial charge >= 0.3 is 0 Å². The van der Waals surface area contributed by atoms with Crippen LogP contribution in [0.1, 0.15) is 20.8 Å². The van der Waals surface area contributed by atoms with E-state index in [1.54, 1.807) is 12.4 Å². The molecular formula is C13H16N4O3. The number of nitro groups is 1. The lowest BCUT2D eigenvalue weighted by molar-refractivity contribution is -0.384. The van der Waals surface area contributed by atoms with Crippen molar-refractivity contribution >= 4 is 5.69 Å². The van der Waals surface area contributed by atoms with E-state index in [4.69, 9.17) is 4.74 Å². The summed E-state index contributed by atoms with van der Waals surface area (Å²) in [5.41, 5.74) is 0.448. The van der Waals surface area contributed by atoms with Crippen molar-refractivity contribution in [2.24, 2.45) is 0 Å². The first-order chi connectivity index (χ1) is 9.34. The molecule has 0 aliphatic carbocycles. The van der Waals surface area contributed by atoms with Crippen molar-refractivity contribution in [2.45, 2.75) is 26.3 Å². The fourth-order valence-electron chi connectivity index (χ4n) is 1.89. The number of non-ortho nitro benzene ring substituents is 1. The van der Waals surface area contributed by atoms with Crippen LogP contribution < -0.4 is 4.74 Å². The predicted molar refractivity (Wildman–Crippen MR) is 73.7 cm³/mol. The number of hydrogen-bond acceptors (Lipinski definition) is 5. The summed E-state index contributed by atoms with van der Waals surface area (Å²) in [6.45, 7) is 6.08. The van der Waals surface area contributed by atoms with Gasteiger partial charge in [-0.1, -0.05) is 0 Å².